The highest BCUT2D eigenvalue weighted by molar-refractivity contribution is 6.30. The van der Waals surface area contributed by atoms with E-state index >= 15 is 0 Å². The van der Waals surface area contributed by atoms with Crippen molar-refractivity contribution in [2.24, 2.45) is 0 Å². The van der Waals surface area contributed by atoms with Gasteiger partial charge in [0.05, 0.1) is 5.69 Å². The van der Waals surface area contributed by atoms with E-state index in [9.17, 15) is 9.18 Å². The molecule has 2 rings (SSSR count). The standard InChI is InChI=1S/C15H14ClFN2O/c16-11-6-7-14(12(17)9-11)19-15(20)8-5-10-3-1-2-4-13(10)18/h1-4,6-7,9H,5,8,18H2,(H,19,20). The molecule has 0 saturated carbocycles. The molecule has 0 fully saturated rings. The smallest absolute Gasteiger partial charge is 0.224 e. The van der Waals surface area contributed by atoms with Gasteiger partial charge in [-0.1, -0.05) is 29.8 Å². The van der Waals surface area contributed by atoms with Gasteiger partial charge in [0.1, 0.15) is 5.82 Å². The molecule has 0 spiro atoms. The van der Waals surface area contributed by atoms with E-state index in [0.29, 0.717) is 12.1 Å². The van der Waals surface area contributed by atoms with Crippen LogP contribution in [0.2, 0.25) is 5.02 Å². The second-order valence-corrected chi connectivity index (χ2v) is 4.81. The number of halogens is 2. The third-order valence-corrected chi connectivity index (χ3v) is 3.12. The summed E-state index contributed by atoms with van der Waals surface area (Å²) in [6.45, 7) is 0. The zero-order chi connectivity index (χ0) is 14.5. The second-order valence-electron chi connectivity index (χ2n) is 4.37. The Kier molecular flexibility index (Phi) is 4.58. The molecule has 0 aliphatic carbocycles. The molecule has 3 nitrogen and oxygen atoms in total. The van der Waals surface area contributed by atoms with Crippen LogP contribution < -0.4 is 11.1 Å². The number of nitrogens with two attached hydrogens (primary N) is 1. The Hall–Kier alpha value is -2.07. The van der Waals surface area contributed by atoms with Crippen LogP contribution in [0.5, 0.6) is 0 Å². The molecule has 0 unspecified atom stereocenters. The first-order chi connectivity index (χ1) is 9.56. The van der Waals surface area contributed by atoms with E-state index < -0.39 is 5.82 Å². The first-order valence-electron chi connectivity index (χ1n) is 6.14. The predicted octanol–water partition coefficient (Wildman–Crippen LogP) is 3.63. The minimum atomic E-state index is -0.551. The van der Waals surface area contributed by atoms with Crippen LogP contribution in [-0.2, 0) is 11.2 Å². The van der Waals surface area contributed by atoms with Crippen molar-refractivity contribution in [2.75, 3.05) is 11.1 Å². The Morgan fingerprint density at radius 2 is 2.00 bits per heavy atom. The van der Waals surface area contributed by atoms with Gasteiger partial charge >= 0.3 is 0 Å². The molecule has 20 heavy (non-hydrogen) atoms. The van der Waals surface area contributed by atoms with Crippen LogP contribution >= 0.6 is 11.6 Å². The zero-order valence-corrected chi connectivity index (χ0v) is 11.5. The Labute approximate surface area is 121 Å². The van der Waals surface area contributed by atoms with Gasteiger partial charge in [-0.2, -0.15) is 0 Å². The van der Waals surface area contributed by atoms with Crippen LogP contribution in [0.3, 0.4) is 0 Å². The number of nitrogen functional groups attached to an aromatic ring is 1. The Bertz CT molecular complexity index is 631. The molecule has 104 valence electrons. The van der Waals surface area contributed by atoms with Crippen molar-refractivity contribution < 1.29 is 9.18 Å². The predicted molar refractivity (Wildman–Crippen MR) is 79.2 cm³/mol. The lowest BCUT2D eigenvalue weighted by Crippen LogP contribution is -2.13. The monoisotopic (exact) mass is 292 g/mol. The number of aryl methyl sites for hydroxylation is 1. The number of benzene rings is 2. The summed E-state index contributed by atoms with van der Waals surface area (Å²) in [6, 6.07) is 11.5. The SMILES string of the molecule is Nc1ccccc1CCC(=O)Nc1ccc(Cl)cc1F. The lowest BCUT2D eigenvalue weighted by molar-refractivity contribution is -0.116. The van der Waals surface area contributed by atoms with Gasteiger partial charge in [0, 0.05) is 17.1 Å². The molecule has 0 atom stereocenters. The minimum absolute atomic E-state index is 0.125. The summed E-state index contributed by atoms with van der Waals surface area (Å²) in [7, 11) is 0. The molecule has 2 aromatic rings. The van der Waals surface area contributed by atoms with Crippen LogP contribution in [0.4, 0.5) is 15.8 Å². The van der Waals surface area contributed by atoms with Gasteiger partial charge in [0.2, 0.25) is 5.91 Å². The summed E-state index contributed by atoms with van der Waals surface area (Å²) >= 11 is 5.65. The first kappa shape index (κ1) is 14.3. The number of para-hydroxylation sites is 1. The van der Waals surface area contributed by atoms with Crippen LogP contribution in [0.25, 0.3) is 0 Å². The molecule has 3 N–H and O–H groups in total. The summed E-state index contributed by atoms with van der Waals surface area (Å²) < 4.78 is 13.5. The maximum atomic E-state index is 13.5. The van der Waals surface area contributed by atoms with E-state index in [1.165, 1.54) is 12.1 Å². The molecule has 0 aromatic heterocycles. The Morgan fingerprint density at radius 1 is 1.25 bits per heavy atom. The molecule has 0 bridgehead atoms. The van der Waals surface area contributed by atoms with E-state index in [1.54, 1.807) is 6.07 Å². The summed E-state index contributed by atoms with van der Waals surface area (Å²) in [4.78, 5) is 11.8. The topological polar surface area (TPSA) is 55.1 Å². The molecule has 2 aromatic carbocycles. The third kappa shape index (κ3) is 3.71. The van der Waals surface area contributed by atoms with Crippen molar-refractivity contribution >= 4 is 28.9 Å². The van der Waals surface area contributed by atoms with Crippen LogP contribution in [-0.4, -0.2) is 5.91 Å². The molecule has 0 saturated heterocycles. The van der Waals surface area contributed by atoms with E-state index in [0.717, 1.165) is 11.6 Å². The maximum absolute atomic E-state index is 13.5. The van der Waals surface area contributed by atoms with Gasteiger partial charge in [0.25, 0.3) is 0 Å². The van der Waals surface area contributed by atoms with Gasteiger partial charge in [-0.3, -0.25) is 4.79 Å². The fourth-order valence-electron chi connectivity index (χ4n) is 1.81. The highest BCUT2D eigenvalue weighted by Gasteiger charge is 2.08. The highest BCUT2D eigenvalue weighted by Crippen LogP contribution is 2.19. The van der Waals surface area contributed by atoms with Crippen LogP contribution in [0.1, 0.15) is 12.0 Å². The lowest BCUT2D eigenvalue weighted by atomic mass is 10.1. The number of carbonyl (C=O) groups excluding carboxylic acids is 1. The first-order valence-corrected chi connectivity index (χ1v) is 6.52. The molecular weight excluding hydrogens is 279 g/mol. The van der Waals surface area contributed by atoms with Gasteiger partial charge < -0.3 is 11.1 Å². The zero-order valence-electron chi connectivity index (χ0n) is 10.7. The van der Waals surface area contributed by atoms with Gasteiger partial charge in [0.15, 0.2) is 0 Å². The molecular formula is C15H14ClFN2O. The van der Waals surface area contributed by atoms with E-state index in [-0.39, 0.29) is 23.0 Å². The van der Waals surface area contributed by atoms with E-state index in [1.807, 2.05) is 18.2 Å². The number of anilines is 2. The van der Waals surface area contributed by atoms with Crippen molar-refractivity contribution in [3.8, 4) is 0 Å². The number of hydrogen-bond donors (Lipinski definition) is 2. The van der Waals surface area contributed by atoms with Crippen LogP contribution in [0, 0.1) is 5.82 Å². The molecule has 0 radical (unpaired) electrons. The molecule has 1 amide bonds. The summed E-state index contributed by atoms with van der Waals surface area (Å²) in [6.07, 6.45) is 0.740. The minimum Gasteiger partial charge on any atom is -0.399 e. The highest BCUT2D eigenvalue weighted by atomic mass is 35.5. The van der Waals surface area contributed by atoms with Crippen molar-refractivity contribution in [3.63, 3.8) is 0 Å². The van der Waals surface area contributed by atoms with Crippen molar-refractivity contribution in [1.29, 1.82) is 0 Å². The van der Waals surface area contributed by atoms with Crippen LogP contribution in [0.15, 0.2) is 42.5 Å². The number of rotatable bonds is 4. The average molecular weight is 293 g/mol. The molecule has 0 heterocycles. The van der Waals surface area contributed by atoms with Crippen molar-refractivity contribution in [3.05, 3.63) is 58.9 Å². The molecule has 0 aliphatic heterocycles. The maximum Gasteiger partial charge on any atom is 0.224 e. The van der Waals surface area contributed by atoms with Gasteiger partial charge in [-0.15, -0.1) is 0 Å². The lowest BCUT2D eigenvalue weighted by Gasteiger charge is -2.08. The molecule has 5 heteroatoms. The summed E-state index contributed by atoms with van der Waals surface area (Å²) in [5, 5.41) is 2.80. The molecule has 0 aliphatic rings. The largest absolute Gasteiger partial charge is 0.399 e. The Morgan fingerprint density at radius 3 is 2.70 bits per heavy atom. The number of amides is 1. The quantitative estimate of drug-likeness (QED) is 0.846. The normalized spacial score (nSPS) is 10.3. The van der Waals surface area contributed by atoms with E-state index in [4.69, 9.17) is 17.3 Å². The number of hydrogen-bond acceptors (Lipinski definition) is 2. The second kappa shape index (κ2) is 6.39. The fourth-order valence-corrected chi connectivity index (χ4v) is 1.97. The third-order valence-electron chi connectivity index (χ3n) is 2.88. The van der Waals surface area contributed by atoms with Gasteiger partial charge in [-0.05, 0) is 36.2 Å². The van der Waals surface area contributed by atoms with Gasteiger partial charge in [-0.25, -0.2) is 4.39 Å². The fraction of sp³-hybridized carbons (Fsp3) is 0.133. The number of nitrogens with one attached hydrogen (secondary N) is 1. The summed E-state index contributed by atoms with van der Waals surface area (Å²) in [5.41, 5.74) is 7.47. The number of carbonyl (C=O) groups is 1. The summed E-state index contributed by atoms with van der Waals surface area (Å²) in [5.74, 6) is -0.820. The average Bonchev–Trinajstić information content (AvgIpc) is 2.41. The van der Waals surface area contributed by atoms with Crippen molar-refractivity contribution in [1.82, 2.24) is 0 Å². The Balaban J connectivity index is 1.94. The van der Waals surface area contributed by atoms with E-state index in [2.05, 4.69) is 5.32 Å². The van der Waals surface area contributed by atoms with Crippen molar-refractivity contribution in [2.45, 2.75) is 12.8 Å².